The van der Waals surface area contributed by atoms with Gasteiger partial charge < -0.3 is 0 Å². The number of carbonyl (C=O) groups is 1. The van der Waals surface area contributed by atoms with Crippen molar-refractivity contribution in [2.24, 2.45) is 17.3 Å². The van der Waals surface area contributed by atoms with Crippen molar-refractivity contribution < 1.29 is 4.79 Å². The minimum absolute atomic E-state index is 0.287. The SMILES string of the molecule is CC(=O)C1=CC2C(C)CCCC2(C)CC1. The van der Waals surface area contributed by atoms with E-state index in [9.17, 15) is 4.79 Å². The van der Waals surface area contributed by atoms with Gasteiger partial charge >= 0.3 is 0 Å². The third kappa shape index (κ3) is 1.89. The molecule has 1 fully saturated rings. The van der Waals surface area contributed by atoms with E-state index in [1.807, 2.05) is 0 Å². The van der Waals surface area contributed by atoms with E-state index in [-0.39, 0.29) is 5.78 Å². The summed E-state index contributed by atoms with van der Waals surface area (Å²) in [7, 11) is 0. The van der Waals surface area contributed by atoms with E-state index in [0.717, 1.165) is 17.9 Å². The molecule has 0 aromatic rings. The van der Waals surface area contributed by atoms with Crippen LogP contribution in [0.2, 0.25) is 0 Å². The Morgan fingerprint density at radius 3 is 2.87 bits per heavy atom. The van der Waals surface area contributed by atoms with E-state index in [1.54, 1.807) is 6.92 Å². The minimum atomic E-state index is 0.287. The molecule has 0 spiro atoms. The average Bonchev–Trinajstić information content (AvgIpc) is 2.17. The van der Waals surface area contributed by atoms with Crippen LogP contribution >= 0.6 is 0 Å². The molecule has 0 aliphatic heterocycles. The third-order valence-corrected chi connectivity index (χ3v) is 4.62. The van der Waals surface area contributed by atoms with Crippen LogP contribution in [-0.4, -0.2) is 5.78 Å². The molecule has 0 aromatic carbocycles. The van der Waals surface area contributed by atoms with Gasteiger partial charge in [0.15, 0.2) is 5.78 Å². The van der Waals surface area contributed by atoms with Gasteiger partial charge in [-0.05, 0) is 49.0 Å². The van der Waals surface area contributed by atoms with Crippen LogP contribution < -0.4 is 0 Å². The lowest BCUT2D eigenvalue weighted by Crippen LogP contribution is -2.37. The number of allylic oxidation sites excluding steroid dienone is 2. The Kier molecular flexibility index (Phi) is 2.74. The first kappa shape index (κ1) is 10.9. The van der Waals surface area contributed by atoms with E-state index in [4.69, 9.17) is 0 Å². The van der Waals surface area contributed by atoms with Gasteiger partial charge in [0.05, 0.1) is 0 Å². The lowest BCUT2D eigenvalue weighted by Gasteiger charge is -2.47. The summed E-state index contributed by atoms with van der Waals surface area (Å²) in [5.74, 6) is 1.70. The first-order valence-corrected chi connectivity index (χ1v) is 6.24. The predicted octanol–water partition coefficient (Wildman–Crippen LogP) is 3.74. The van der Waals surface area contributed by atoms with Crippen LogP contribution in [0.3, 0.4) is 0 Å². The van der Waals surface area contributed by atoms with Crippen LogP contribution in [0, 0.1) is 17.3 Å². The molecule has 0 amide bonds. The molecule has 1 saturated carbocycles. The Labute approximate surface area is 92.9 Å². The van der Waals surface area contributed by atoms with Gasteiger partial charge in [0.25, 0.3) is 0 Å². The molecule has 15 heavy (non-hydrogen) atoms. The van der Waals surface area contributed by atoms with E-state index >= 15 is 0 Å². The minimum Gasteiger partial charge on any atom is -0.295 e. The summed E-state index contributed by atoms with van der Waals surface area (Å²) < 4.78 is 0. The molecule has 3 unspecified atom stereocenters. The molecule has 0 aromatic heterocycles. The maximum Gasteiger partial charge on any atom is 0.155 e. The molecular weight excluding hydrogens is 184 g/mol. The molecular formula is C14H22O. The lowest BCUT2D eigenvalue weighted by molar-refractivity contribution is -0.114. The zero-order valence-electron chi connectivity index (χ0n) is 10.2. The second-order valence-electron chi connectivity index (χ2n) is 5.80. The second-order valence-corrected chi connectivity index (χ2v) is 5.80. The van der Waals surface area contributed by atoms with E-state index in [0.29, 0.717) is 11.3 Å². The van der Waals surface area contributed by atoms with Gasteiger partial charge in [-0.3, -0.25) is 4.79 Å². The fourth-order valence-corrected chi connectivity index (χ4v) is 3.53. The summed E-state index contributed by atoms with van der Waals surface area (Å²) in [6, 6.07) is 0. The highest BCUT2D eigenvalue weighted by Gasteiger charge is 2.41. The summed E-state index contributed by atoms with van der Waals surface area (Å²) >= 11 is 0. The zero-order chi connectivity index (χ0) is 11.1. The quantitative estimate of drug-likeness (QED) is 0.638. The van der Waals surface area contributed by atoms with Crippen molar-refractivity contribution in [2.45, 2.75) is 52.9 Å². The highest BCUT2D eigenvalue weighted by molar-refractivity contribution is 5.93. The van der Waals surface area contributed by atoms with Crippen molar-refractivity contribution in [3.8, 4) is 0 Å². The molecule has 1 nitrogen and oxygen atoms in total. The number of hydrogen-bond acceptors (Lipinski definition) is 1. The van der Waals surface area contributed by atoms with E-state index < -0.39 is 0 Å². The maximum absolute atomic E-state index is 11.4. The monoisotopic (exact) mass is 206 g/mol. The Hall–Kier alpha value is -0.590. The average molecular weight is 206 g/mol. The van der Waals surface area contributed by atoms with Crippen molar-refractivity contribution in [1.82, 2.24) is 0 Å². The zero-order valence-corrected chi connectivity index (χ0v) is 10.2. The number of hydrogen-bond donors (Lipinski definition) is 0. The first-order valence-electron chi connectivity index (χ1n) is 6.24. The summed E-state index contributed by atoms with van der Waals surface area (Å²) in [6.45, 7) is 6.48. The van der Waals surface area contributed by atoms with Crippen LogP contribution in [0.4, 0.5) is 0 Å². The van der Waals surface area contributed by atoms with Gasteiger partial charge in [0, 0.05) is 0 Å². The predicted molar refractivity (Wildman–Crippen MR) is 62.6 cm³/mol. The molecule has 84 valence electrons. The Bertz CT molecular complexity index is 302. The second kappa shape index (κ2) is 3.77. The van der Waals surface area contributed by atoms with Crippen LogP contribution in [0.15, 0.2) is 11.6 Å². The molecule has 2 aliphatic carbocycles. The molecule has 3 atom stereocenters. The normalized spacial score (nSPS) is 40.6. The fraction of sp³-hybridized carbons (Fsp3) is 0.786. The third-order valence-electron chi connectivity index (χ3n) is 4.62. The van der Waals surface area contributed by atoms with Crippen molar-refractivity contribution in [3.05, 3.63) is 11.6 Å². The molecule has 2 rings (SSSR count). The highest BCUT2D eigenvalue weighted by atomic mass is 16.1. The number of carbonyl (C=O) groups excluding carboxylic acids is 1. The van der Waals surface area contributed by atoms with E-state index in [2.05, 4.69) is 19.9 Å². The number of fused-ring (bicyclic) bond motifs is 1. The first-order chi connectivity index (χ1) is 7.03. The fourth-order valence-electron chi connectivity index (χ4n) is 3.53. The van der Waals surface area contributed by atoms with Gasteiger partial charge in [-0.25, -0.2) is 0 Å². The van der Waals surface area contributed by atoms with Gasteiger partial charge in [-0.1, -0.05) is 32.8 Å². The molecule has 1 heteroatoms. The molecule has 0 heterocycles. The molecule has 2 aliphatic rings. The van der Waals surface area contributed by atoms with Gasteiger partial charge in [-0.2, -0.15) is 0 Å². The van der Waals surface area contributed by atoms with Gasteiger partial charge in [0.1, 0.15) is 0 Å². The van der Waals surface area contributed by atoms with Crippen molar-refractivity contribution in [1.29, 1.82) is 0 Å². The Morgan fingerprint density at radius 1 is 1.47 bits per heavy atom. The summed E-state index contributed by atoms with van der Waals surface area (Å²) in [5, 5.41) is 0. The van der Waals surface area contributed by atoms with Crippen LogP contribution in [0.25, 0.3) is 0 Å². The van der Waals surface area contributed by atoms with Gasteiger partial charge in [0.2, 0.25) is 0 Å². The van der Waals surface area contributed by atoms with Gasteiger partial charge in [-0.15, -0.1) is 0 Å². The summed E-state index contributed by atoms with van der Waals surface area (Å²) in [5.41, 5.74) is 1.57. The Balaban J connectivity index is 2.28. The van der Waals surface area contributed by atoms with Crippen molar-refractivity contribution in [2.75, 3.05) is 0 Å². The number of ketones is 1. The standard InChI is InChI=1S/C14H22O/c1-10-5-4-7-14(3)8-6-12(11(2)15)9-13(10)14/h9-10,13H,4-8H2,1-3H3. The number of Topliss-reactive ketones (excluding diaryl/α,β-unsaturated/α-hetero) is 1. The van der Waals surface area contributed by atoms with Crippen molar-refractivity contribution >= 4 is 5.78 Å². The topological polar surface area (TPSA) is 17.1 Å². The largest absolute Gasteiger partial charge is 0.295 e. The summed E-state index contributed by atoms with van der Waals surface area (Å²) in [4.78, 5) is 11.4. The Morgan fingerprint density at radius 2 is 2.20 bits per heavy atom. The smallest absolute Gasteiger partial charge is 0.155 e. The molecule has 0 bridgehead atoms. The van der Waals surface area contributed by atoms with Crippen LogP contribution in [0.5, 0.6) is 0 Å². The summed E-state index contributed by atoms with van der Waals surface area (Å²) in [6.07, 6.45) is 8.58. The van der Waals surface area contributed by atoms with Crippen molar-refractivity contribution in [3.63, 3.8) is 0 Å². The highest BCUT2D eigenvalue weighted by Crippen LogP contribution is 2.51. The molecule has 0 saturated heterocycles. The molecule has 0 N–H and O–H groups in total. The maximum atomic E-state index is 11.4. The lowest BCUT2D eigenvalue weighted by atomic mass is 9.58. The van der Waals surface area contributed by atoms with E-state index in [1.165, 1.54) is 25.7 Å². The molecule has 0 radical (unpaired) electrons. The van der Waals surface area contributed by atoms with Crippen LogP contribution in [-0.2, 0) is 4.79 Å². The number of rotatable bonds is 1. The van der Waals surface area contributed by atoms with Crippen LogP contribution in [0.1, 0.15) is 52.9 Å².